The molecular weight excluding hydrogens is 419 g/mol. The number of aromatic hydroxyl groups is 1. The largest absolute Gasteiger partial charge is 0.504 e. The zero-order valence-corrected chi connectivity index (χ0v) is 17.2. The van der Waals surface area contributed by atoms with Gasteiger partial charge in [-0.1, -0.05) is 18.2 Å². The third-order valence-corrected chi connectivity index (χ3v) is 4.88. The molecule has 0 amide bonds. The van der Waals surface area contributed by atoms with Crippen LogP contribution in [0, 0.1) is 5.82 Å². The van der Waals surface area contributed by atoms with Gasteiger partial charge in [0.1, 0.15) is 5.82 Å². The molecule has 0 radical (unpaired) electrons. The van der Waals surface area contributed by atoms with E-state index in [0.717, 1.165) is 0 Å². The van der Waals surface area contributed by atoms with Gasteiger partial charge in [-0.05, 0) is 29.8 Å². The number of phenolic OH excluding ortho intramolecular Hbond substituents is 1. The molecular formula is C21H19FN6O4. The second-order valence-corrected chi connectivity index (χ2v) is 6.91. The lowest BCUT2D eigenvalue weighted by molar-refractivity contribution is 0.373. The molecule has 2 aromatic carbocycles. The number of rotatable bonds is 6. The van der Waals surface area contributed by atoms with Crippen LogP contribution in [-0.4, -0.2) is 37.5 Å². The summed E-state index contributed by atoms with van der Waals surface area (Å²) in [6, 6.07) is 10.7. The fourth-order valence-electron chi connectivity index (χ4n) is 3.21. The lowest BCUT2D eigenvalue weighted by Crippen LogP contribution is -2.29. The third-order valence-electron chi connectivity index (χ3n) is 4.88. The van der Waals surface area contributed by atoms with E-state index in [1.165, 1.54) is 41.6 Å². The van der Waals surface area contributed by atoms with Crippen LogP contribution in [0.1, 0.15) is 11.1 Å². The molecule has 3 N–H and O–H groups in total. The Morgan fingerprint density at radius 2 is 2.00 bits per heavy atom. The molecule has 0 aliphatic carbocycles. The van der Waals surface area contributed by atoms with Crippen LogP contribution in [0.5, 0.6) is 11.5 Å². The smallest absolute Gasteiger partial charge is 0.329 e. The van der Waals surface area contributed by atoms with Gasteiger partial charge in [0.2, 0.25) is 5.95 Å². The molecule has 0 saturated heterocycles. The average molecular weight is 438 g/mol. The van der Waals surface area contributed by atoms with Gasteiger partial charge >= 0.3 is 5.69 Å². The second kappa shape index (κ2) is 8.38. The fourth-order valence-corrected chi connectivity index (χ4v) is 3.21. The van der Waals surface area contributed by atoms with Gasteiger partial charge < -0.3 is 9.84 Å². The van der Waals surface area contributed by atoms with Crippen molar-refractivity contribution in [3.05, 3.63) is 80.2 Å². The van der Waals surface area contributed by atoms with Gasteiger partial charge in [-0.2, -0.15) is 10.1 Å². The number of fused-ring (bicyclic) bond motifs is 1. The Morgan fingerprint density at radius 3 is 2.72 bits per heavy atom. The van der Waals surface area contributed by atoms with Crippen molar-refractivity contribution < 1.29 is 14.2 Å². The van der Waals surface area contributed by atoms with Gasteiger partial charge in [0, 0.05) is 12.6 Å². The summed E-state index contributed by atoms with van der Waals surface area (Å²) in [4.78, 5) is 31.1. The van der Waals surface area contributed by atoms with Gasteiger partial charge in [0.15, 0.2) is 22.7 Å². The summed E-state index contributed by atoms with van der Waals surface area (Å²) in [6.07, 6.45) is 1.36. The number of hydrazone groups is 1. The number of aryl methyl sites for hydroxylation is 1. The number of aromatic nitrogens is 4. The molecule has 164 valence electrons. The van der Waals surface area contributed by atoms with Crippen molar-refractivity contribution >= 4 is 23.3 Å². The summed E-state index contributed by atoms with van der Waals surface area (Å²) in [5.74, 6) is -0.00146. The molecule has 0 fully saturated rings. The highest BCUT2D eigenvalue weighted by Gasteiger charge is 2.17. The first-order valence-electron chi connectivity index (χ1n) is 9.48. The molecule has 0 aliphatic rings. The Bertz CT molecular complexity index is 1440. The first kappa shape index (κ1) is 20.8. The zero-order valence-electron chi connectivity index (χ0n) is 17.2. The van der Waals surface area contributed by atoms with E-state index in [2.05, 4.69) is 20.5 Å². The standard InChI is InChI=1S/C21H19FN6O4/c1-27-18-16(19(30)25-21(27)31)28(11-12-6-8-14(22)9-7-12)20(24-18)26-23-10-13-4-3-5-15(32-2)17(13)29/h3-10,29H,11H2,1-2H3,(H,24,26)(H,25,30,31). The monoisotopic (exact) mass is 438 g/mol. The van der Waals surface area contributed by atoms with Crippen molar-refractivity contribution in [2.24, 2.45) is 12.1 Å². The number of phenols is 1. The number of aromatic amines is 1. The molecule has 0 bridgehead atoms. The van der Waals surface area contributed by atoms with E-state index in [4.69, 9.17) is 4.74 Å². The molecule has 11 heteroatoms. The van der Waals surface area contributed by atoms with E-state index in [9.17, 15) is 19.1 Å². The molecule has 0 saturated carbocycles. The number of nitrogens with zero attached hydrogens (tertiary/aromatic N) is 4. The lowest BCUT2D eigenvalue weighted by atomic mass is 10.2. The van der Waals surface area contributed by atoms with Crippen molar-refractivity contribution in [3.8, 4) is 11.5 Å². The summed E-state index contributed by atoms with van der Waals surface area (Å²) in [7, 11) is 2.92. The minimum atomic E-state index is -0.611. The van der Waals surface area contributed by atoms with Crippen molar-refractivity contribution in [2.75, 3.05) is 12.5 Å². The molecule has 32 heavy (non-hydrogen) atoms. The lowest BCUT2D eigenvalue weighted by Gasteiger charge is -2.09. The summed E-state index contributed by atoms with van der Waals surface area (Å²) in [5, 5.41) is 14.3. The number of anilines is 1. The molecule has 2 aromatic heterocycles. The first-order valence-corrected chi connectivity index (χ1v) is 9.48. The van der Waals surface area contributed by atoms with Crippen LogP contribution in [0.2, 0.25) is 0 Å². The summed E-state index contributed by atoms with van der Waals surface area (Å²) in [6.45, 7) is 0.167. The number of H-pyrrole nitrogens is 1. The molecule has 0 atom stereocenters. The van der Waals surface area contributed by atoms with Gasteiger partial charge in [-0.3, -0.25) is 18.9 Å². The van der Waals surface area contributed by atoms with Gasteiger partial charge in [0.05, 0.1) is 19.9 Å². The van der Waals surface area contributed by atoms with Crippen LogP contribution in [-0.2, 0) is 13.6 Å². The fraction of sp³-hybridized carbons (Fsp3) is 0.143. The van der Waals surface area contributed by atoms with Crippen LogP contribution in [0.15, 0.2) is 57.2 Å². The Balaban J connectivity index is 1.77. The maximum Gasteiger partial charge on any atom is 0.329 e. The molecule has 10 nitrogen and oxygen atoms in total. The third kappa shape index (κ3) is 3.83. The Morgan fingerprint density at radius 1 is 1.25 bits per heavy atom. The van der Waals surface area contributed by atoms with Crippen molar-refractivity contribution in [1.82, 2.24) is 19.1 Å². The quantitative estimate of drug-likeness (QED) is 0.311. The van der Waals surface area contributed by atoms with Crippen molar-refractivity contribution in [1.29, 1.82) is 0 Å². The number of ether oxygens (including phenoxy) is 1. The summed E-state index contributed by atoms with van der Waals surface area (Å²) < 4.78 is 21.1. The van der Waals surface area contributed by atoms with E-state index in [1.807, 2.05) is 0 Å². The molecule has 0 unspecified atom stereocenters. The van der Waals surface area contributed by atoms with Crippen LogP contribution < -0.4 is 21.4 Å². The van der Waals surface area contributed by atoms with E-state index >= 15 is 0 Å². The Kier molecular flexibility index (Phi) is 5.46. The number of halogens is 1. The summed E-state index contributed by atoms with van der Waals surface area (Å²) >= 11 is 0. The van der Waals surface area contributed by atoms with Gasteiger partial charge in [-0.15, -0.1) is 0 Å². The van der Waals surface area contributed by atoms with E-state index < -0.39 is 11.2 Å². The normalized spacial score (nSPS) is 11.3. The number of hydrogen-bond donors (Lipinski definition) is 3. The number of benzene rings is 2. The topological polar surface area (TPSA) is 127 Å². The van der Waals surface area contributed by atoms with E-state index in [1.54, 1.807) is 30.3 Å². The predicted octanol–water partition coefficient (Wildman–Crippen LogP) is 1.77. The maximum absolute atomic E-state index is 13.3. The van der Waals surface area contributed by atoms with Crippen molar-refractivity contribution in [3.63, 3.8) is 0 Å². The highest BCUT2D eigenvalue weighted by atomic mass is 19.1. The zero-order chi connectivity index (χ0) is 22.8. The van der Waals surface area contributed by atoms with Gasteiger partial charge in [-0.25, -0.2) is 14.6 Å². The SMILES string of the molecule is COc1cccc(C=NNc2nc3c(c(=O)[nH]c(=O)n3C)n2Cc2ccc(F)cc2)c1O. The number of para-hydroxylation sites is 1. The number of imidazole rings is 1. The number of methoxy groups -OCH3 is 1. The Hall–Kier alpha value is -4.41. The minimum Gasteiger partial charge on any atom is -0.504 e. The number of hydrogen-bond acceptors (Lipinski definition) is 7. The van der Waals surface area contributed by atoms with E-state index in [0.29, 0.717) is 16.9 Å². The number of nitrogens with one attached hydrogen (secondary N) is 2. The molecule has 2 heterocycles. The van der Waals surface area contributed by atoms with Crippen LogP contribution in [0.4, 0.5) is 10.3 Å². The molecule has 4 aromatic rings. The van der Waals surface area contributed by atoms with Crippen LogP contribution in [0.3, 0.4) is 0 Å². The molecule has 0 aliphatic heterocycles. The average Bonchev–Trinajstić information content (AvgIpc) is 3.13. The predicted molar refractivity (Wildman–Crippen MR) is 117 cm³/mol. The van der Waals surface area contributed by atoms with Crippen LogP contribution in [0.25, 0.3) is 11.2 Å². The highest BCUT2D eigenvalue weighted by Crippen LogP contribution is 2.28. The first-order chi connectivity index (χ1) is 15.4. The van der Waals surface area contributed by atoms with E-state index in [-0.39, 0.29) is 35.2 Å². The van der Waals surface area contributed by atoms with Gasteiger partial charge in [0.25, 0.3) is 5.56 Å². The molecule has 0 spiro atoms. The summed E-state index contributed by atoms with van der Waals surface area (Å²) in [5.41, 5.74) is 2.93. The van der Waals surface area contributed by atoms with Crippen molar-refractivity contribution in [2.45, 2.75) is 6.54 Å². The maximum atomic E-state index is 13.3. The Labute approximate surface area is 180 Å². The minimum absolute atomic E-state index is 0.0841. The van der Waals surface area contributed by atoms with Crippen LogP contribution >= 0.6 is 0 Å². The molecule has 4 rings (SSSR count). The highest BCUT2D eigenvalue weighted by molar-refractivity contribution is 5.85. The second-order valence-electron chi connectivity index (χ2n) is 6.91.